The Bertz CT molecular complexity index is 6200. The van der Waals surface area contributed by atoms with Crippen molar-refractivity contribution < 1.29 is 0 Å². The van der Waals surface area contributed by atoms with Crippen LogP contribution in [-0.2, 0) is 6.42 Å². The van der Waals surface area contributed by atoms with Crippen LogP contribution in [0.5, 0.6) is 0 Å². The molecule has 6 heteroatoms. The van der Waals surface area contributed by atoms with Gasteiger partial charge in [-0.1, -0.05) is 398 Å². The highest BCUT2D eigenvalue weighted by Crippen LogP contribution is 2.46. The molecule has 18 aromatic carbocycles. The van der Waals surface area contributed by atoms with E-state index in [-0.39, 0.29) is 0 Å². The molecule has 0 spiro atoms. The summed E-state index contributed by atoms with van der Waals surface area (Å²) in [5.41, 5.74) is 24.3. The lowest BCUT2D eigenvalue weighted by molar-refractivity contribution is 1.15. The molecular formula is C105H78BrN3P2. The van der Waals surface area contributed by atoms with Gasteiger partial charge in [0.25, 0.3) is 0 Å². The molecule has 0 aliphatic rings. The fourth-order valence-corrected chi connectivity index (χ4v) is 20.7. The van der Waals surface area contributed by atoms with Gasteiger partial charge in [-0.25, -0.2) is 0 Å². The van der Waals surface area contributed by atoms with Crippen molar-refractivity contribution in [3.05, 3.63) is 465 Å². The first kappa shape index (κ1) is 71.2. The van der Waals surface area contributed by atoms with Crippen LogP contribution >= 0.6 is 31.8 Å². The Kier molecular flexibility index (Phi) is 21.4. The minimum absolute atomic E-state index is 0.828. The van der Waals surface area contributed by atoms with E-state index in [2.05, 4.69) is 432 Å². The number of nitrogens with zero attached hydrogens (tertiary/aromatic N) is 2. The molecule has 0 fully saturated rings. The number of fused-ring (bicyclic) bond motifs is 8. The number of anilines is 1. The number of benzene rings is 18. The molecule has 0 unspecified atom stereocenters. The van der Waals surface area contributed by atoms with E-state index in [1.807, 2.05) is 42.5 Å². The molecule has 0 atom stereocenters. The molecule has 111 heavy (non-hydrogen) atoms. The first-order valence-corrected chi connectivity index (χ1v) is 41.1. The summed E-state index contributed by atoms with van der Waals surface area (Å²) in [6, 6.07) is 161. The summed E-state index contributed by atoms with van der Waals surface area (Å²) < 4.78 is 5.78. The number of rotatable bonds is 13. The molecule has 0 saturated heterocycles. The summed E-state index contributed by atoms with van der Waals surface area (Å²) in [4.78, 5) is 0. The lowest BCUT2D eigenvalue weighted by Crippen LogP contribution is -2.26. The van der Waals surface area contributed by atoms with E-state index in [1.54, 1.807) is 0 Å². The normalized spacial score (nSPS) is 11.2. The van der Waals surface area contributed by atoms with Gasteiger partial charge in [0.05, 0.1) is 22.1 Å². The van der Waals surface area contributed by atoms with Crippen molar-refractivity contribution in [3.8, 4) is 44.8 Å². The van der Waals surface area contributed by atoms with Crippen molar-refractivity contribution in [1.82, 2.24) is 9.13 Å². The van der Waals surface area contributed by atoms with Gasteiger partial charge in [0.1, 0.15) is 0 Å². The van der Waals surface area contributed by atoms with Gasteiger partial charge in [-0.3, -0.25) is 0 Å². The second-order valence-electron chi connectivity index (χ2n) is 27.4. The predicted octanol–water partition coefficient (Wildman–Crippen LogP) is 25.7. The molecule has 0 amide bonds. The van der Waals surface area contributed by atoms with Gasteiger partial charge in [-0.05, 0) is 181 Å². The fraction of sp³-hybridized carbons (Fsp3) is 0.00952. The number of hydrogen-bond donors (Lipinski definition) is 1. The van der Waals surface area contributed by atoms with Crippen LogP contribution in [0.2, 0.25) is 0 Å². The summed E-state index contributed by atoms with van der Waals surface area (Å²) in [7, 11) is -1.70. The second kappa shape index (κ2) is 33.4. The summed E-state index contributed by atoms with van der Waals surface area (Å²) in [6.45, 7) is 0. The third-order valence-corrected chi connectivity index (χ3v) is 26.1. The molecule has 20 aromatic rings. The van der Waals surface area contributed by atoms with Crippen molar-refractivity contribution >= 4 is 134 Å². The van der Waals surface area contributed by atoms with Crippen LogP contribution in [0.3, 0.4) is 0 Å². The van der Waals surface area contributed by atoms with Gasteiger partial charge in [0.2, 0.25) is 0 Å². The number of nitrogens with two attached hydrogens (primary N) is 1. The quantitative estimate of drug-likeness (QED) is 0.0906. The SMILES string of the molecule is Brc1ccc(-n2c3ccccc3c3ccccc32)cc1.Nc1ccccc1-c1ccccc1.c1ccc(-c2ccccc2Cc2ccc(-n3c4ccccc4c4ccccc43)cc2)cc1.c1ccc(P(c2ccccc2)c2ccc3ccccc3c2-c2c(P(c3ccccc3)c3ccccc3)ccc3ccccc23)cc1. The van der Waals surface area contributed by atoms with Crippen molar-refractivity contribution in [2.75, 3.05) is 5.73 Å². The Balaban J connectivity index is 0.000000118. The molecule has 0 aliphatic carbocycles. The highest BCUT2D eigenvalue weighted by molar-refractivity contribution is 9.10. The molecule has 0 radical (unpaired) electrons. The van der Waals surface area contributed by atoms with E-state index in [9.17, 15) is 0 Å². The van der Waals surface area contributed by atoms with Gasteiger partial charge in [-0.2, -0.15) is 0 Å². The van der Waals surface area contributed by atoms with Gasteiger partial charge in [0, 0.05) is 48.6 Å². The number of nitrogen functional groups attached to an aromatic ring is 1. The zero-order valence-corrected chi connectivity index (χ0v) is 64.6. The Labute approximate surface area is 660 Å². The summed E-state index contributed by atoms with van der Waals surface area (Å²) in [5, 5.41) is 18.5. The molecule has 0 aliphatic heterocycles. The fourth-order valence-electron chi connectivity index (χ4n) is 15.5. The third-order valence-electron chi connectivity index (χ3n) is 20.6. The standard InChI is InChI=1S/C44H32P2.C31H23N.C18H12BrN.C12H11N/c1-5-19-35(20-6-1)45(36-21-7-2-8-22-36)41-31-29-33-17-13-15-27-39(33)43(41)44-40-28-16-14-18-34(40)30-32-42(44)46(37-23-9-3-10-24-37)38-25-11-4-12-26-38;1-2-10-24(11-3-1)27-13-5-4-12-25(27)22-23-18-20-26(21-19-23)32-30-16-8-6-14-28(30)29-15-7-9-17-31(29)32;19-13-9-11-14(12-10-13)20-17-7-3-1-5-15(17)16-6-2-4-8-18(16)20;13-12-9-5-4-8-11(12)10-6-2-1-3-7-10/h1-32H;1-21H,22H2;1-12H;1-9H,13H2. The maximum Gasteiger partial charge on any atom is 0.0541 e. The van der Waals surface area contributed by atoms with Crippen molar-refractivity contribution in [2.45, 2.75) is 6.42 Å². The van der Waals surface area contributed by atoms with Crippen LogP contribution in [0.1, 0.15) is 11.1 Å². The minimum atomic E-state index is -0.852. The average molecular weight is 1520 g/mol. The van der Waals surface area contributed by atoms with Crippen LogP contribution in [-0.4, -0.2) is 9.13 Å². The Morgan fingerprint density at radius 2 is 0.541 bits per heavy atom. The second-order valence-corrected chi connectivity index (χ2v) is 32.7. The monoisotopic (exact) mass is 1520 g/mol. The number of aromatic nitrogens is 2. The molecule has 3 nitrogen and oxygen atoms in total. The van der Waals surface area contributed by atoms with Crippen LogP contribution in [0.15, 0.2) is 453 Å². The number of para-hydroxylation sites is 5. The van der Waals surface area contributed by atoms with E-state index in [4.69, 9.17) is 5.73 Å². The van der Waals surface area contributed by atoms with E-state index in [0.29, 0.717) is 0 Å². The summed E-state index contributed by atoms with van der Waals surface area (Å²) in [6.07, 6.45) is 0.915. The molecule has 2 heterocycles. The predicted molar refractivity (Wildman–Crippen MR) is 485 cm³/mol. The highest BCUT2D eigenvalue weighted by Gasteiger charge is 2.28. The molecule has 0 saturated carbocycles. The Morgan fingerprint density at radius 3 is 0.928 bits per heavy atom. The van der Waals surface area contributed by atoms with Crippen LogP contribution < -0.4 is 37.6 Å². The van der Waals surface area contributed by atoms with Crippen LogP contribution in [0, 0.1) is 0 Å². The maximum atomic E-state index is 5.85. The first-order valence-electron chi connectivity index (χ1n) is 37.7. The molecule has 20 rings (SSSR count). The van der Waals surface area contributed by atoms with Crippen molar-refractivity contribution in [2.24, 2.45) is 0 Å². The third kappa shape index (κ3) is 15.1. The highest BCUT2D eigenvalue weighted by atomic mass is 79.9. The van der Waals surface area contributed by atoms with E-state index in [0.717, 1.165) is 22.1 Å². The first-order chi connectivity index (χ1) is 55.0. The van der Waals surface area contributed by atoms with E-state index in [1.165, 1.54) is 147 Å². The summed E-state index contributed by atoms with van der Waals surface area (Å²) >= 11 is 3.50. The lowest BCUT2D eigenvalue weighted by Gasteiger charge is -2.28. The molecular weight excluding hydrogens is 1450 g/mol. The van der Waals surface area contributed by atoms with Gasteiger partial charge in [0.15, 0.2) is 0 Å². The zero-order valence-electron chi connectivity index (χ0n) is 61.2. The van der Waals surface area contributed by atoms with Crippen molar-refractivity contribution in [3.63, 3.8) is 0 Å². The van der Waals surface area contributed by atoms with E-state index >= 15 is 0 Å². The topological polar surface area (TPSA) is 35.9 Å². The minimum Gasteiger partial charge on any atom is -0.398 e. The largest absolute Gasteiger partial charge is 0.398 e. The lowest BCUT2D eigenvalue weighted by atomic mass is 9.93. The average Bonchev–Trinajstić information content (AvgIpc) is 1.42. The summed E-state index contributed by atoms with van der Waals surface area (Å²) in [5.74, 6) is 0. The maximum absolute atomic E-state index is 5.85. The van der Waals surface area contributed by atoms with Gasteiger partial charge in [-0.15, -0.1) is 0 Å². The number of hydrogen-bond acceptors (Lipinski definition) is 1. The molecule has 0 bridgehead atoms. The van der Waals surface area contributed by atoms with Gasteiger partial charge < -0.3 is 14.9 Å². The van der Waals surface area contributed by atoms with E-state index < -0.39 is 15.8 Å². The van der Waals surface area contributed by atoms with Gasteiger partial charge >= 0.3 is 0 Å². The Morgan fingerprint density at radius 1 is 0.243 bits per heavy atom. The molecule has 2 N–H and O–H groups in total. The smallest absolute Gasteiger partial charge is 0.0541 e. The zero-order chi connectivity index (χ0) is 74.7. The van der Waals surface area contributed by atoms with Crippen molar-refractivity contribution in [1.29, 1.82) is 0 Å². The number of halogens is 1. The van der Waals surface area contributed by atoms with Crippen LogP contribution in [0.25, 0.3) is 110 Å². The van der Waals surface area contributed by atoms with Crippen LogP contribution in [0.4, 0.5) is 5.69 Å². The molecule has 530 valence electrons. The molecule has 2 aromatic heterocycles. The Hall–Kier alpha value is -12.8.